The number of hydrogen-bond acceptors (Lipinski definition) is 2. The average molecular weight is 325 g/mol. The van der Waals surface area contributed by atoms with Crippen molar-refractivity contribution in [2.75, 3.05) is 19.6 Å². The molecular weight excluding hydrogens is 300 g/mol. The molecule has 1 aromatic rings. The van der Waals surface area contributed by atoms with Crippen LogP contribution in [0.25, 0.3) is 0 Å². The molecule has 1 aromatic carbocycles. The molecule has 1 unspecified atom stereocenters. The minimum atomic E-state index is 0.506. The van der Waals surface area contributed by atoms with Crippen molar-refractivity contribution < 1.29 is 0 Å². The van der Waals surface area contributed by atoms with Crippen LogP contribution in [0.15, 0.2) is 28.7 Å². The number of likely N-dealkylation sites (tertiary alicyclic amines) is 1. The summed E-state index contributed by atoms with van der Waals surface area (Å²) in [5, 5.41) is 0. The Morgan fingerprint density at radius 2 is 2.00 bits per heavy atom. The fourth-order valence-corrected chi connectivity index (χ4v) is 3.59. The molecule has 0 aromatic heterocycles. The molecule has 0 aliphatic carbocycles. The third-order valence-corrected chi connectivity index (χ3v) is 4.90. The van der Waals surface area contributed by atoms with E-state index in [0.717, 1.165) is 16.9 Å². The lowest BCUT2D eigenvalue weighted by Crippen LogP contribution is -2.40. The molecule has 1 atom stereocenters. The average Bonchev–Trinajstić information content (AvgIpc) is 2.40. The highest BCUT2D eigenvalue weighted by Crippen LogP contribution is 2.33. The zero-order chi connectivity index (χ0) is 13.8. The monoisotopic (exact) mass is 324 g/mol. The van der Waals surface area contributed by atoms with Gasteiger partial charge in [0.25, 0.3) is 0 Å². The van der Waals surface area contributed by atoms with Crippen molar-refractivity contribution in [1.82, 2.24) is 4.90 Å². The van der Waals surface area contributed by atoms with Gasteiger partial charge in [-0.05, 0) is 75.9 Å². The number of hydrogen-bond donors (Lipinski definition) is 1. The van der Waals surface area contributed by atoms with Crippen LogP contribution in [0.5, 0.6) is 0 Å². The third-order valence-electron chi connectivity index (χ3n) is 4.40. The topological polar surface area (TPSA) is 29.3 Å². The fourth-order valence-electron chi connectivity index (χ4n) is 3.18. The summed E-state index contributed by atoms with van der Waals surface area (Å²) in [5.74, 6) is 1.24. The molecular formula is C16H25BrN2. The molecule has 3 heteroatoms. The van der Waals surface area contributed by atoms with Crippen LogP contribution in [0.3, 0.4) is 0 Å². The van der Waals surface area contributed by atoms with Crippen molar-refractivity contribution in [3.05, 3.63) is 34.3 Å². The molecule has 2 N–H and O–H groups in total. The van der Waals surface area contributed by atoms with Crippen LogP contribution in [-0.4, -0.2) is 30.6 Å². The van der Waals surface area contributed by atoms with Gasteiger partial charge in [-0.3, -0.25) is 0 Å². The quantitative estimate of drug-likeness (QED) is 0.916. The van der Waals surface area contributed by atoms with E-state index in [-0.39, 0.29) is 0 Å². The first kappa shape index (κ1) is 15.0. The third kappa shape index (κ3) is 3.80. The van der Waals surface area contributed by atoms with Gasteiger partial charge in [0.1, 0.15) is 0 Å². The molecule has 1 aliphatic heterocycles. The van der Waals surface area contributed by atoms with Crippen molar-refractivity contribution in [3.8, 4) is 0 Å². The molecule has 0 spiro atoms. The van der Waals surface area contributed by atoms with E-state index in [2.05, 4.69) is 58.9 Å². The first-order valence-corrected chi connectivity index (χ1v) is 8.10. The Hall–Kier alpha value is -0.380. The standard InChI is InChI=1S/C16H25BrN2/c1-12(2)19-8-6-13(7-9-19)16(11-18)14-4-3-5-15(17)10-14/h3-5,10,12-13,16H,6-9,11,18H2,1-2H3. The predicted molar refractivity (Wildman–Crippen MR) is 85.4 cm³/mol. The van der Waals surface area contributed by atoms with Gasteiger partial charge in [-0.1, -0.05) is 28.1 Å². The minimum absolute atomic E-state index is 0.506. The summed E-state index contributed by atoms with van der Waals surface area (Å²) in [6.07, 6.45) is 2.54. The lowest BCUT2D eigenvalue weighted by Gasteiger charge is -2.38. The molecule has 0 amide bonds. The lowest BCUT2D eigenvalue weighted by molar-refractivity contribution is 0.138. The molecule has 0 saturated carbocycles. The summed E-state index contributed by atoms with van der Waals surface area (Å²) in [6, 6.07) is 9.32. The highest BCUT2D eigenvalue weighted by atomic mass is 79.9. The zero-order valence-corrected chi connectivity index (χ0v) is 13.6. The van der Waals surface area contributed by atoms with Gasteiger partial charge in [0, 0.05) is 10.5 Å². The smallest absolute Gasteiger partial charge is 0.0178 e. The van der Waals surface area contributed by atoms with Crippen LogP contribution in [0.1, 0.15) is 38.2 Å². The van der Waals surface area contributed by atoms with Gasteiger partial charge in [-0.2, -0.15) is 0 Å². The van der Waals surface area contributed by atoms with Crippen molar-refractivity contribution in [2.45, 2.75) is 38.6 Å². The number of rotatable bonds is 4. The Morgan fingerprint density at radius 1 is 1.32 bits per heavy atom. The summed E-state index contributed by atoms with van der Waals surface area (Å²) < 4.78 is 1.16. The van der Waals surface area contributed by atoms with Gasteiger partial charge in [0.2, 0.25) is 0 Å². The van der Waals surface area contributed by atoms with Gasteiger partial charge in [0.15, 0.2) is 0 Å². The van der Waals surface area contributed by atoms with Crippen molar-refractivity contribution in [2.24, 2.45) is 11.7 Å². The molecule has 1 saturated heterocycles. The van der Waals surface area contributed by atoms with Gasteiger partial charge < -0.3 is 10.6 Å². The van der Waals surface area contributed by atoms with Gasteiger partial charge in [-0.25, -0.2) is 0 Å². The molecule has 19 heavy (non-hydrogen) atoms. The van der Waals surface area contributed by atoms with E-state index in [4.69, 9.17) is 5.73 Å². The first-order chi connectivity index (χ1) is 9.11. The maximum Gasteiger partial charge on any atom is 0.0178 e. The lowest BCUT2D eigenvalue weighted by atomic mass is 9.80. The molecule has 2 nitrogen and oxygen atoms in total. The van der Waals surface area contributed by atoms with Crippen molar-refractivity contribution in [3.63, 3.8) is 0 Å². The van der Waals surface area contributed by atoms with Crippen LogP contribution in [0, 0.1) is 5.92 Å². The van der Waals surface area contributed by atoms with Crippen LogP contribution >= 0.6 is 15.9 Å². The molecule has 1 aliphatic rings. The highest BCUT2D eigenvalue weighted by Gasteiger charge is 2.27. The molecule has 1 fully saturated rings. The summed E-state index contributed by atoms with van der Waals surface area (Å²) in [4.78, 5) is 2.57. The second-order valence-electron chi connectivity index (χ2n) is 5.86. The second kappa shape index (κ2) is 6.87. The van der Waals surface area contributed by atoms with E-state index in [1.807, 2.05) is 0 Å². The fraction of sp³-hybridized carbons (Fsp3) is 0.625. The highest BCUT2D eigenvalue weighted by molar-refractivity contribution is 9.10. The molecule has 0 bridgehead atoms. The number of nitrogens with two attached hydrogens (primary N) is 1. The Balaban J connectivity index is 2.03. The molecule has 1 heterocycles. The summed E-state index contributed by atoms with van der Waals surface area (Å²) in [5.41, 5.74) is 7.44. The van der Waals surface area contributed by atoms with E-state index in [9.17, 15) is 0 Å². The Labute approximate surface area is 125 Å². The van der Waals surface area contributed by atoms with E-state index in [1.165, 1.54) is 31.5 Å². The normalized spacial score (nSPS) is 19.8. The van der Waals surface area contributed by atoms with Crippen LogP contribution in [0.4, 0.5) is 0 Å². The maximum absolute atomic E-state index is 6.05. The van der Waals surface area contributed by atoms with E-state index >= 15 is 0 Å². The number of nitrogens with zero attached hydrogens (tertiary/aromatic N) is 1. The van der Waals surface area contributed by atoms with Crippen molar-refractivity contribution in [1.29, 1.82) is 0 Å². The summed E-state index contributed by atoms with van der Waals surface area (Å²) >= 11 is 3.56. The Morgan fingerprint density at radius 3 is 2.53 bits per heavy atom. The molecule has 0 radical (unpaired) electrons. The van der Waals surface area contributed by atoms with Crippen LogP contribution < -0.4 is 5.73 Å². The number of halogens is 1. The van der Waals surface area contributed by atoms with Crippen LogP contribution in [0.2, 0.25) is 0 Å². The number of benzene rings is 1. The largest absolute Gasteiger partial charge is 0.330 e. The SMILES string of the molecule is CC(C)N1CCC(C(CN)c2cccc(Br)c2)CC1. The molecule has 106 valence electrons. The van der Waals surface area contributed by atoms with E-state index in [1.54, 1.807) is 0 Å². The second-order valence-corrected chi connectivity index (χ2v) is 6.78. The van der Waals surface area contributed by atoms with Gasteiger partial charge in [0.05, 0.1) is 0 Å². The van der Waals surface area contributed by atoms with Gasteiger partial charge in [-0.15, -0.1) is 0 Å². The maximum atomic E-state index is 6.05. The minimum Gasteiger partial charge on any atom is -0.330 e. The number of piperidine rings is 1. The Kier molecular flexibility index (Phi) is 5.43. The zero-order valence-electron chi connectivity index (χ0n) is 12.0. The van der Waals surface area contributed by atoms with Gasteiger partial charge >= 0.3 is 0 Å². The summed E-state index contributed by atoms with van der Waals surface area (Å²) in [7, 11) is 0. The van der Waals surface area contributed by atoms with E-state index in [0.29, 0.717) is 12.0 Å². The van der Waals surface area contributed by atoms with Crippen molar-refractivity contribution >= 4 is 15.9 Å². The van der Waals surface area contributed by atoms with Crippen LogP contribution in [-0.2, 0) is 0 Å². The molecule has 2 rings (SSSR count). The Bertz CT molecular complexity index is 397. The summed E-state index contributed by atoms with van der Waals surface area (Å²) in [6.45, 7) is 7.76. The van der Waals surface area contributed by atoms with E-state index < -0.39 is 0 Å². The first-order valence-electron chi connectivity index (χ1n) is 7.31. The predicted octanol–water partition coefficient (Wildman–Crippen LogP) is 3.61.